The lowest BCUT2D eigenvalue weighted by Crippen LogP contribution is -2.16. The maximum Gasteiger partial charge on any atom is 0.179 e. The Bertz CT molecular complexity index is 412. The summed E-state index contributed by atoms with van der Waals surface area (Å²) in [7, 11) is 3.17. The minimum Gasteiger partial charge on any atom is -0.493 e. The fraction of sp³-hybridized carbons (Fsp3) is 0.600. The third kappa shape index (κ3) is 5.19. The third-order valence-electron chi connectivity index (χ3n) is 3.18. The van der Waals surface area contributed by atoms with Crippen LogP contribution in [0.25, 0.3) is 0 Å². The monoisotopic (exact) mass is 301 g/mol. The topological polar surface area (TPSA) is 50.7 Å². The van der Waals surface area contributed by atoms with E-state index in [0.717, 1.165) is 31.5 Å². The van der Waals surface area contributed by atoms with Crippen LogP contribution in [0.5, 0.6) is 11.5 Å². The van der Waals surface area contributed by atoms with Gasteiger partial charge < -0.3 is 19.9 Å². The second-order valence-electron chi connectivity index (χ2n) is 4.92. The number of aliphatic hydroxyl groups is 1. The molecular formula is C15H24ClNO3. The Balaban J connectivity index is 2.46. The predicted molar refractivity (Wildman–Crippen MR) is 81.7 cm³/mol. The lowest BCUT2D eigenvalue weighted by atomic mass is 10.1. The summed E-state index contributed by atoms with van der Waals surface area (Å²) in [5.74, 6) is 1.58. The Morgan fingerprint density at radius 2 is 2.05 bits per heavy atom. The third-order valence-corrected chi connectivity index (χ3v) is 3.47. The molecule has 1 aromatic carbocycles. The summed E-state index contributed by atoms with van der Waals surface area (Å²) in [5.41, 5.74) is 1.06. The van der Waals surface area contributed by atoms with Gasteiger partial charge in [0, 0.05) is 13.2 Å². The molecule has 0 aromatic heterocycles. The predicted octanol–water partition coefficient (Wildman–Crippen LogP) is 2.86. The Kier molecular flexibility index (Phi) is 7.73. The van der Waals surface area contributed by atoms with Gasteiger partial charge in [0.15, 0.2) is 11.5 Å². The van der Waals surface area contributed by atoms with E-state index >= 15 is 0 Å². The molecule has 1 rings (SSSR count). The van der Waals surface area contributed by atoms with Crippen molar-refractivity contribution in [3.63, 3.8) is 0 Å². The van der Waals surface area contributed by atoms with Crippen LogP contribution in [0.4, 0.5) is 0 Å². The molecule has 5 heteroatoms. The lowest BCUT2D eigenvalue weighted by Gasteiger charge is -2.12. The number of methoxy groups -OCH3 is 2. The van der Waals surface area contributed by atoms with Gasteiger partial charge in [0.05, 0.1) is 19.2 Å². The first-order valence-corrected chi connectivity index (χ1v) is 7.22. The van der Waals surface area contributed by atoms with Gasteiger partial charge in [-0.25, -0.2) is 0 Å². The van der Waals surface area contributed by atoms with E-state index in [-0.39, 0.29) is 6.61 Å². The van der Waals surface area contributed by atoms with Crippen molar-refractivity contribution in [2.24, 2.45) is 5.92 Å². The van der Waals surface area contributed by atoms with Gasteiger partial charge in [-0.1, -0.05) is 18.5 Å². The molecule has 114 valence electrons. The molecule has 2 N–H and O–H groups in total. The van der Waals surface area contributed by atoms with Crippen molar-refractivity contribution in [2.45, 2.75) is 26.3 Å². The summed E-state index contributed by atoms with van der Waals surface area (Å²) in [6.45, 7) is 3.95. The highest BCUT2D eigenvalue weighted by molar-refractivity contribution is 6.32. The highest BCUT2D eigenvalue weighted by Gasteiger charge is 2.10. The van der Waals surface area contributed by atoms with Crippen molar-refractivity contribution in [1.29, 1.82) is 0 Å². The molecule has 1 unspecified atom stereocenters. The molecule has 0 aliphatic rings. The highest BCUT2D eigenvalue weighted by atomic mass is 35.5. The minimum atomic E-state index is 0.255. The maximum atomic E-state index is 8.95. The van der Waals surface area contributed by atoms with E-state index in [9.17, 15) is 0 Å². The number of rotatable bonds is 9. The summed E-state index contributed by atoms with van der Waals surface area (Å²) in [4.78, 5) is 0. The first kappa shape index (κ1) is 17.1. The van der Waals surface area contributed by atoms with Crippen LogP contribution in [0.2, 0.25) is 5.02 Å². The molecule has 0 radical (unpaired) electrons. The van der Waals surface area contributed by atoms with Crippen molar-refractivity contribution in [1.82, 2.24) is 5.32 Å². The van der Waals surface area contributed by atoms with Crippen molar-refractivity contribution in [3.8, 4) is 11.5 Å². The van der Waals surface area contributed by atoms with Gasteiger partial charge in [0.1, 0.15) is 0 Å². The molecule has 4 nitrogen and oxygen atoms in total. The Morgan fingerprint density at radius 1 is 1.30 bits per heavy atom. The molecule has 0 spiro atoms. The van der Waals surface area contributed by atoms with Gasteiger partial charge in [-0.3, -0.25) is 0 Å². The van der Waals surface area contributed by atoms with Gasteiger partial charge in [-0.2, -0.15) is 0 Å². The first-order valence-electron chi connectivity index (χ1n) is 6.84. The van der Waals surface area contributed by atoms with Gasteiger partial charge >= 0.3 is 0 Å². The largest absolute Gasteiger partial charge is 0.493 e. The second kappa shape index (κ2) is 9.06. The molecule has 0 heterocycles. The zero-order chi connectivity index (χ0) is 15.0. The molecule has 20 heavy (non-hydrogen) atoms. The van der Waals surface area contributed by atoms with E-state index in [1.165, 1.54) is 0 Å². The van der Waals surface area contributed by atoms with Crippen LogP contribution < -0.4 is 14.8 Å². The summed E-state index contributed by atoms with van der Waals surface area (Å²) in [6, 6.07) is 3.81. The van der Waals surface area contributed by atoms with Crippen LogP contribution in [0.15, 0.2) is 12.1 Å². The molecular weight excluding hydrogens is 278 g/mol. The van der Waals surface area contributed by atoms with E-state index in [2.05, 4.69) is 5.32 Å². The van der Waals surface area contributed by atoms with Crippen molar-refractivity contribution >= 4 is 11.6 Å². The zero-order valence-electron chi connectivity index (χ0n) is 12.4. The van der Waals surface area contributed by atoms with E-state index in [0.29, 0.717) is 22.4 Å². The van der Waals surface area contributed by atoms with Crippen molar-refractivity contribution < 1.29 is 14.6 Å². The molecule has 1 aromatic rings. The normalized spacial score (nSPS) is 12.2. The standard InChI is InChI=1S/C15H24ClNO3/c1-11(10-18)5-4-6-17-9-12-7-13(16)15(20-3)14(8-12)19-2/h7-8,11,17-18H,4-6,9-10H2,1-3H3. The van der Waals surface area contributed by atoms with E-state index in [1.54, 1.807) is 14.2 Å². The van der Waals surface area contributed by atoms with Gasteiger partial charge in [-0.05, 0) is 43.0 Å². The van der Waals surface area contributed by atoms with Gasteiger partial charge in [0.25, 0.3) is 0 Å². The fourth-order valence-electron chi connectivity index (χ4n) is 1.97. The van der Waals surface area contributed by atoms with Crippen LogP contribution in [-0.4, -0.2) is 32.5 Å². The number of halogens is 1. The quantitative estimate of drug-likeness (QED) is 0.689. The number of hydrogen-bond donors (Lipinski definition) is 2. The minimum absolute atomic E-state index is 0.255. The second-order valence-corrected chi connectivity index (χ2v) is 5.33. The van der Waals surface area contributed by atoms with Gasteiger partial charge in [0.2, 0.25) is 0 Å². The summed E-state index contributed by atoms with van der Waals surface area (Å²) >= 11 is 6.15. The van der Waals surface area contributed by atoms with Crippen LogP contribution in [-0.2, 0) is 6.54 Å². The Labute approximate surface area is 126 Å². The Hall–Kier alpha value is -0.970. The number of ether oxygens (including phenoxy) is 2. The molecule has 0 aliphatic carbocycles. The first-order chi connectivity index (χ1) is 9.62. The van der Waals surface area contributed by atoms with E-state index in [4.69, 9.17) is 26.2 Å². The van der Waals surface area contributed by atoms with Crippen LogP contribution in [0, 0.1) is 5.92 Å². The van der Waals surface area contributed by atoms with Crippen LogP contribution >= 0.6 is 11.6 Å². The molecule has 0 aliphatic heterocycles. The van der Waals surface area contributed by atoms with Crippen molar-refractivity contribution in [2.75, 3.05) is 27.4 Å². The average molecular weight is 302 g/mol. The maximum absolute atomic E-state index is 8.95. The molecule has 0 saturated heterocycles. The molecule has 0 amide bonds. The van der Waals surface area contributed by atoms with Gasteiger partial charge in [-0.15, -0.1) is 0 Å². The van der Waals surface area contributed by atoms with Crippen molar-refractivity contribution in [3.05, 3.63) is 22.7 Å². The van der Waals surface area contributed by atoms with E-state index < -0.39 is 0 Å². The summed E-state index contributed by atoms with van der Waals surface area (Å²) in [5, 5.41) is 12.9. The number of nitrogens with one attached hydrogen (secondary N) is 1. The smallest absolute Gasteiger partial charge is 0.179 e. The summed E-state index contributed by atoms with van der Waals surface area (Å²) < 4.78 is 10.5. The SMILES string of the molecule is COc1cc(CNCCCC(C)CO)cc(Cl)c1OC. The van der Waals surface area contributed by atoms with Crippen LogP contribution in [0.3, 0.4) is 0 Å². The average Bonchev–Trinajstić information content (AvgIpc) is 2.45. The molecule has 0 bridgehead atoms. The number of aliphatic hydroxyl groups excluding tert-OH is 1. The fourth-order valence-corrected chi connectivity index (χ4v) is 2.28. The summed E-state index contributed by atoms with van der Waals surface area (Å²) in [6.07, 6.45) is 2.07. The number of benzene rings is 1. The Morgan fingerprint density at radius 3 is 2.65 bits per heavy atom. The molecule has 0 fully saturated rings. The lowest BCUT2D eigenvalue weighted by molar-refractivity contribution is 0.228. The molecule has 1 atom stereocenters. The zero-order valence-corrected chi connectivity index (χ0v) is 13.2. The number of hydrogen-bond acceptors (Lipinski definition) is 4. The van der Waals surface area contributed by atoms with E-state index in [1.807, 2.05) is 19.1 Å². The highest BCUT2D eigenvalue weighted by Crippen LogP contribution is 2.35. The molecule has 0 saturated carbocycles. The van der Waals surface area contributed by atoms with Crippen LogP contribution in [0.1, 0.15) is 25.3 Å².